The molecule has 0 aliphatic heterocycles. The molecule has 0 fully saturated rings. The number of alkyl halides is 3. The molecule has 5 aromatic rings. The van der Waals surface area contributed by atoms with Crippen LogP contribution in [0.25, 0.3) is 22.2 Å². The average molecular weight is 539 g/mol. The number of aromatic nitrogens is 4. The number of H-pyrrole nitrogens is 1. The van der Waals surface area contributed by atoms with Gasteiger partial charge in [0.25, 0.3) is 5.91 Å². The second-order valence-corrected chi connectivity index (χ2v) is 8.48. The maximum absolute atomic E-state index is 13.5. The van der Waals surface area contributed by atoms with E-state index in [1.165, 1.54) is 0 Å². The molecular formula is C26H18F5N7O. The maximum Gasteiger partial charge on any atom is 0.417 e. The van der Waals surface area contributed by atoms with E-state index in [4.69, 9.17) is 5.73 Å². The van der Waals surface area contributed by atoms with Crippen molar-refractivity contribution in [2.75, 3.05) is 16.4 Å². The van der Waals surface area contributed by atoms with Crippen LogP contribution in [-0.4, -0.2) is 26.1 Å². The van der Waals surface area contributed by atoms with Crippen molar-refractivity contribution < 1.29 is 26.7 Å². The van der Waals surface area contributed by atoms with Crippen LogP contribution in [0.4, 0.5) is 39.3 Å². The number of carbonyl (C=O) groups excluding carboxylic acids is 1. The van der Waals surface area contributed by atoms with Gasteiger partial charge in [0, 0.05) is 36.3 Å². The molecule has 2 aromatic carbocycles. The molecule has 0 aliphatic rings. The standard InChI is InChI=1S/C26H18F5N7O/c27-20-6-5-17(9-21(20)28)36-25(39)19-8-16(26(29,30)31)12-35-23(19)33-10-13-1-3-14(4-2-13)15-7-18-22(32)37-38-24(18)34-11-15/h1-9,11-12H,10H2,(H,33,35)(H,36,39)(H3,32,34,37,38). The lowest BCUT2D eigenvalue weighted by atomic mass is 10.0. The van der Waals surface area contributed by atoms with Crippen molar-refractivity contribution in [3.8, 4) is 11.1 Å². The van der Waals surface area contributed by atoms with Crippen molar-refractivity contribution >= 4 is 34.3 Å². The monoisotopic (exact) mass is 539 g/mol. The Labute approximate surface area is 217 Å². The molecule has 0 unspecified atom stereocenters. The highest BCUT2D eigenvalue weighted by molar-refractivity contribution is 6.07. The smallest absolute Gasteiger partial charge is 0.382 e. The lowest BCUT2D eigenvalue weighted by molar-refractivity contribution is -0.137. The molecule has 13 heteroatoms. The number of nitrogens with two attached hydrogens (primary N) is 1. The fraction of sp³-hybridized carbons (Fsp3) is 0.0769. The second-order valence-electron chi connectivity index (χ2n) is 8.48. The zero-order valence-corrected chi connectivity index (χ0v) is 19.8. The zero-order chi connectivity index (χ0) is 27.7. The summed E-state index contributed by atoms with van der Waals surface area (Å²) in [6, 6.07) is 12.3. The number of rotatable bonds is 6. The Morgan fingerprint density at radius 3 is 2.41 bits per heavy atom. The lowest BCUT2D eigenvalue weighted by Gasteiger charge is -2.15. The number of carbonyl (C=O) groups is 1. The SMILES string of the molecule is Nc1n[nH]c2ncc(-c3ccc(CNc4ncc(C(F)(F)F)cc4C(=O)Nc4ccc(F)c(F)c4)cc3)cc12. The van der Waals surface area contributed by atoms with Gasteiger partial charge >= 0.3 is 6.18 Å². The van der Waals surface area contributed by atoms with E-state index < -0.39 is 34.8 Å². The minimum absolute atomic E-state index is 0.121. The highest BCUT2D eigenvalue weighted by Gasteiger charge is 2.32. The number of nitrogens with one attached hydrogen (secondary N) is 3. The average Bonchev–Trinajstić information content (AvgIpc) is 3.29. The first kappa shape index (κ1) is 25.6. The van der Waals surface area contributed by atoms with E-state index in [1.54, 1.807) is 18.3 Å². The number of halogens is 5. The van der Waals surface area contributed by atoms with Crippen molar-refractivity contribution in [1.82, 2.24) is 20.2 Å². The quantitative estimate of drug-likeness (QED) is 0.204. The van der Waals surface area contributed by atoms with Gasteiger partial charge in [-0.3, -0.25) is 9.89 Å². The summed E-state index contributed by atoms with van der Waals surface area (Å²) >= 11 is 0. The van der Waals surface area contributed by atoms with Crippen LogP contribution < -0.4 is 16.4 Å². The summed E-state index contributed by atoms with van der Waals surface area (Å²) in [5.41, 5.74) is 7.08. The van der Waals surface area contributed by atoms with Crippen LogP contribution in [0.3, 0.4) is 0 Å². The lowest BCUT2D eigenvalue weighted by Crippen LogP contribution is -2.18. The number of nitrogen functional groups attached to an aromatic ring is 1. The molecule has 198 valence electrons. The van der Waals surface area contributed by atoms with Gasteiger partial charge in [-0.2, -0.15) is 18.3 Å². The van der Waals surface area contributed by atoms with E-state index >= 15 is 0 Å². The Morgan fingerprint density at radius 1 is 0.923 bits per heavy atom. The molecule has 0 saturated carbocycles. The number of benzene rings is 2. The molecule has 0 saturated heterocycles. The first-order valence-electron chi connectivity index (χ1n) is 11.3. The molecule has 1 amide bonds. The predicted octanol–water partition coefficient (Wildman–Crippen LogP) is 5.76. The number of anilines is 3. The molecule has 3 aromatic heterocycles. The van der Waals surface area contributed by atoms with Crippen molar-refractivity contribution in [2.24, 2.45) is 0 Å². The molecule has 0 aliphatic carbocycles. The van der Waals surface area contributed by atoms with Gasteiger partial charge in [0.1, 0.15) is 5.82 Å². The Kier molecular flexibility index (Phi) is 6.56. The summed E-state index contributed by atoms with van der Waals surface area (Å²) in [4.78, 5) is 20.9. The first-order chi connectivity index (χ1) is 18.6. The Hall–Kier alpha value is -5.07. The molecule has 0 atom stereocenters. The molecule has 0 spiro atoms. The highest BCUT2D eigenvalue weighted by Crippen LogP contribution is 2.31. The highest BCUT2D eigenvalue weighted by atomic mass is 19.4. The largest absolute Gasteiger partial charge is 0.417 e. The van der Waals surface area contributed by atoms with Crippen LogP contribution in [0, 0.1) is 11.6 Å². The molecule has 5 N–H and O–H groups in total. The van der Waals surface area contributed by atoms with Crippen LogP contribution in [0.15, 0.2) is 67.0 Å². The minimum atomic E-state index is -4.75. The van der Waals surface area contributed by atoms with E-state index in [0.717, 1.165) is 34.9 Å². The van der Waals surface area contributed by atoms with Gasteiger partial charge in [-0.25, -0.2) is 18.7 Å². The topological polar surface area (TPSA) is 122 Å². The van der Waals surface area contributed by atoms with Gasteiger partial charge in [-0.15, -0.1) is 0 Å². The first-order valence-corrected chi connectivity index (χ1v) is 11.3. The molecule has 3 heterocycles. The van der Waals surface area contributed by atoms with Gasteiger partial charge in [0.15, 0.2) is 23.1 Å². The Morgan fingerprint density at radius 2 is 1.69 bits per heavy atom. The number of amides is 1. The van der Waals surface area contributed by atoms with Crippen LogP contribution in [0.2, 0.25) is 0 Å². The third-order valence-corrected chi connectivity index (χ3v) is 5.83. The van der Waals surface area contributed by atoms with Crippen LogP contribution in [-0.2, 0) is 12.7 Å². The third-order valence-electron chi connectivity index (χ3n) is 5.83. The van der Waals surface area contributed by atoms with Gasteiger partial charge in [0.05, 0.1) is 16.5 Å². The molecule has 39 heavy (non-hydrogen) atoms. The third kappa shape index (κ3) is 5.46. The summed E-state index contributed by atoms with van der Waals surface area (Å²) in [5.74, 6) is -3.14. The maximum atomic E-state index is 13.5. The molecule has 8 nitrogen and oxygen atoms in total. The van der Waals surface area contributed by atoms with Crippen molar-refractivity contribution in [2.45, 2.75) is 12.7 Å². The Balaban J connectivity index is 1.36. The van der Waals surface area contributed by atoms with E-state index in [1.807, 2.05) is 18.2 Å². The molecule has 0 bridgehead atoms. The molecule has 0 radical (unpaired) electrons. The summed E-state index contributed by atoms with van der Waals surface area (Å²) in [6.07, 6.45) is -2.49. The predicted molar refractivity (Wildman–Crippen MR) is 135 cm³/mol. The number of hydrogen-bond acceptors (Lipinski definition) is 6. The van der Waals surface area contributed by atoms with E-state index in [-0.39, 0.29) is 18.1 Å². The van der Waals surface area contributed by atoms with E-state index in [2.05, 4.69) is 30.8 Å². The van der Waals surface area contributed by atoms with Gasteiger partial charge in [0.2, 0.25) is 0 Å². The molecular weight excluding hydrogens is 521 g/mol. The zero-order valence-electron chi connectivity index (χ0n) is 19.8. The number of fused-ring (bicyclic) bond motifs is 1. The fourth-order valence-electron chi connectivity index (χ4n) is 3.79. The summed E-state index contributed by atoms with van der Waals surface area (Å²) < 4.78 is 66.7. The minimum Gasteiger partial charge on any atom is -0.382 e. The number of aromatic amines is 1. The second kappa shape index (κ2) is 10.0. The summed E-state index contributed by atoms with van der Waals surface area (Å²) in [5, 5.41) is 12.5. The van der Waals surface area contributed by atoms with E-state index in [9.17, 15) is 26.7 Å². The molecule has 5 rings (SSSR count). The van der Waals surface area contributed by atoms with Gasteiger partial charge in [-0.05, 0) is 35.4 Å². The normalized spacial score (nSPS) is 11.5. The van der Waals surface area contributed by atoms with Crippen molar-refractivity contribution in [3.63, 3.8) is 0 Å². The van der Waals surface area contributed by atoms with Crippen LogP contribution in [0.1, 0.15) is 21.5 Å². The summed E-state index contributed by atoms with van der Waals surface area (Å²) in [7, 11) is 0. The van der Waals surface area contributed by atoms with Crippen molar-refractivity contribution in [1.29, 1.82) is 0 Å². The van der Waals surface area contributed by atoms with Gasteiger partial charge < -0.3 is 16.4 Å². The van der Waals surface area contributed by atoms with Crippen LogP contribution in [0.5, 0.6) is 0 Å². The van der Waals surface area contributed by atoms with E-state index in [0.29, 0.717) is 29.1 Å². The number of hydrogen-bond donors (Lipinski definition) is 4. The Bertz CT molecular complexity index is 1680. The fourth-order valence-corrected chi connectivity index (χ4v) is 3.79. The van der Waals surface area contributed by atoms with Crippen molar-refractivity contribution in [3.05, 3.63) is 95.3 Å². The van der Waals surface area contributed by atoms with Gasteiger partial charge in [-0.1, -0.05) is 24.3 Å². The number of nitrogens with zero attached hydrogens (tertiary/aromatic N) is 3. The van der Waals surface area contributed by atoms with Crippen LogP contribution >= 0.6 is 0 Å². The summed E-state index contributed by atoms with van der Waals surface area (Å²) in [6.45, 7) is 0.121. The number of pyridine rings is 2.